The third kappa shape index (κ3) is 3.14. The second kappa shape index (κ2) is 6.23. The average Bonchev–Trinajstić information content (AvgIpc) is 3.06. The van der Waals surface area contributed by atoms with Gasteiger partial charge in [-0.1, -0.05) is 89.2 Å². The molecule has 0 aliphatic heterocycles. The molecule has 2 heteroatoms. The number of rotatable bonds is 3. The van der Waals surface area contributed by atoms with E-state index in [0.29, 0.717) is 0 Å². The molecule has 0 aliphatic rings. The van der Waals surface area contributed by atoms with Crippen LogP contribution in [0, 0.1) is 0 Å². The molecular formula is C25H28N2. The van der Waals surface area contributed by atoms with E-state index in [-0.39, 0.29) is 10.8 Å². The summed E-state index contributed by atoms with van der Waals surface area (Å²) in [6.45, 7) is 11.4. The van der Waals surface area contributed by atoms with E-state index < -0.39 is 0 Å². The van der Waals surface area contributed by atoms with Gasteiger partial charge in [0.1, 0.15) is 0 Å². The highest BCUT2D eigenvalue weighted by molar-refractivity contribution is 5.90. The maximum atomic E-state index is 4.68. The van der Waals surface area contributed by atoms with Crippen LogP contribution in [-0.4, -0.2) is 10.2 Å². The summed E-state index contributed by atoms with van der Waals surface area (Å²) in [6.07, 6.45) is 0.951. The lowest BCUT2D eigenvalue weighted by atomic mass is 9.78. The molecule has 1 N–H and O–H groups in total. The molecule has 0 atom stereocenters. The zero-order chi connectivity index (χ0) is 19.2. The van der Waals surface area contributed by atoms with Gasteiger partial charge in [-0.15, -0.1) is 0 Å². The molecule has 0 spiro atoms. The molecule has 0 radical (unpaired) electrons. The molecule has 138 valence electrons. The molecule has 1 aromatic heterocycles. The number of benzene rings is 3. The smallest absolute Gasteiger partial charge is 0.0760 e. The van der Waals surface area contributed by atoms with E-state index >= 15 is 0 Å². The van der Waals surface area contributed by atoms with Crippen LogP contribution >= 0.6 is 0 Å². The summed E-state index contributed by atoms with van der Waals surface area (Å²) >= 11 is 0. The second-order valence-corrected chi connectivity index (χ2v) is 9.25. The van der Waals surface area contributed by atoms with E-state index in [4.69, 9.17) is 0 Å². The zero-order valence-electron chi connectivity index (χ0n) is 16.9. The van der Waals surface area contributed by atoms with Crippen molar-refractivity contribution >= 4 is 21.7 Å². The largest absolute Gasteiger partial charge is 0.278 e. The molecule has 3 aromatic carbocycles. The number of aromatic nitrogens is 2. The minimum absolute atomic E-state index is 0.0639. The fourth-order valence-electron chi connectivity index (χ4n) is 4.21. The molecule has 0 unspecified atom stereocenters. The minimum Gasteiger partial charge on any atom is -0.278 e. The van der Waals surface area contributed by atoms with Crippen molar-refractivity contribution in [2.45, 2.75) is 51.9 Å². The van der Waals surface area contributed by atoms with E-state index in [1.54, 1.807) is 0 Å². The van der Waals surface area contributed by atoms with E-state index in [2.05, 4.69) is 105 Å². The highest BCUT2D eigenvalue weighted by Gasteiger charge is 2.27. The third-order valence-corrected chi connectivity index (χ3v) is 5.57. The zero-order valence-corrected chi connectivity index (χ0v) is 16.9. The Bertz CT molecular complexity index is 1110. The highest BCUT2D eigenvalue weighted by Crippen LogP contribution is 2.36. The molecule has 0 bridgehead atoms. The van der Waals surface area contributed by atoms with Gasteiger partial charge in [-0.3, -0.25) is 5.10 Å². The van der Waals surface area contributed by atoms with Crippen LogP contribution in [0.5, 0.6) is 0 Å². The lowest BCUT2D eigenvalue weighted by Gasteiger charge is -2.26. The monoisotopic (exact) mass is 356 g/mol. The number of H-pyrrole nitrogens is 1. The van der Waals surface area contributed by atoms with Crippen molar-refractivity contribution in [3.63, 3.8) is 0 Å². The number of aromatic amines is 1. The van der Waals surface area contributed by atoms with E-state index in [0.717, 1.165) is 17.6 Å². The summed E-state index contributed by atoms with van der Waals surface area (Å²) < 4.78 is 0. The first kappa shape index (κ1) is 17.8. The number of hydrogen-bond donors (Lipinski definition) is 1. The van der Waals surface area contributed by atoms with E-state index in [9.17, 15) is 0 Å². The van der Waals surface area contributed by atoms with Gasteiger partial charge in [0.15, 0.2) is 0 Å². The lowest BCUT2D eigenvalue weighted by molar-refractivity contribution is 0.509. The van der Waals surface area contributed by atoms with Crippen LogP contribution in [0.15, 0.2) is 60.7 Å². The number of para-hydroxylation sites is 1. The van der Waals surface area contributed by atoms with Crippen molar-refractivity contribution in [3.05, 3.63) is 77.5 Å². The highest BCUT2D eigenvalue weighted by atomic mass is 15.1. The first-order valence-electron chi connectivity index (χ1n) is 9.72. The van der Waals surface area contributed by atoms with Crippen LogP contribution in [0.25, 0.3) is 21.7 Å². The van der Waals surface area contributed by atoms with Crippen LogP contribution in [0.1, 0.15) is 51.4 Å². The fourth-order valence-corrected chi connectivity index (χ4v) is 4.21. The van der Waals surface area contributed by atoms with Gasteiger partial charge < -0.3 is 0 Å². The Morgan fingerprint density at radius 1 is 0.741 bits per heavy atom. The van der Waals surface area contributed by atoms with Crippen molar-refractivity contribution in [1.29, 1.82) is 0 Å². The molecule has 0 aliphatic carbocycles. The number of fused-ring (bicyclic) bond motifs is 2. The second-order valence-electron chi connectivity index (χ2n) is 9.25. The van der Waals surface area contributed by atoms with Crippen LogP contribution < -0.4 is 0 Å². The Morgan fingerprint density at radius 3 is 2.07 bits per heavy atom. The van der Waals surface area contributed by atoms with Crippen molar-refractivity contribution < 1.29 is 0 Å². The van der Waals surface area contributed by atoms with Gasteiger partial charge in [0.25, 0.3) is 0 Å². The molecule has 1 heterocycles. The fraction of sp³-hybridized carbons (Fsp3) is 0.320. The molecule has 27 heavy (non-hydrogen) atoms. The Labute approximate surface area is 161 Å². The maximum absolute atomic E-state index is 4.68. The van der Waals surface area contributed by atoms with Crippen molar-refractivity contribution in [2.75, 3.05) is 0 Å². The first-order chi connectivity index (χ1) is 12.8. The Hall–Kier alpha value is -2.61. The molecule has 0 amide bonds. The van der Waals surface area contributed by atoms with Gasteiger partial charge in [-0.2, -0.15) is 5.10 Å². The van der Waals surface area contributed by atoms with Crippen LogP contribution in [-0.2, 0) is 17.3 Å². The van der Waals surface area contributed by atoms with Crippen molar-refractivity contribution in [2.24, 2.45) is 0 Å². The predicted octanol–water partition coefficient (Wildman–Crippen LogP) is 6.53. The number of nitrogens with zero attached hydrogens (tertiary/aromatic N) is 1. The Balaban J connectivity index is 1.82. The van der Waals surface area contributed by atoms with Crippen molar-refractivity contribution in [3.8, 4) is 0 Å². The van der Waals surface area contributed by atoms with Crippen molar-refractivity contribution in [1.82, 2.24) is 10.2 Å². The first-order valence-corrected chi connectivity index (χ1v) is 9.72. The van der Waals surface area contributed by atoms with Gasteiger partial charge in [0.2, 0.25) is 0 Å². The van der Waals surface area contributed by atoms with Gasteiger partial charge in [0.05, 0.1) is 11.2 Å². The average molecular weight is 357 g/mol. The van der Waals surface area contributed by atoms with E-state index in [1.165, 1.54) is 27.3 Å². The predicted molar refractivity (Wildman–Crippen MR) is 115 cm³/mol. The molecule has 0 saturated carbocycles. The number of nitrogens with one attached hydrogen (secondary N) is 1. The summed E-state index contributed by atoms with van der Waals surface area (Å²) in [5.41, 5.74) is 5.11. The van der Waals surface area contributed by atoms with Crippen LogP contribution in [0.2, 0.25) is 0 Å². The maximum Gasteiger partial charge on any atom is 0.0760 e. The lowest BCUT2D eigenvalue weighted by Crippen LogP contribution is -2.22. The van der Waals surface area contributed by atoms with E-state index in [1.807, 2.05) is 0 Å². The molecule has 4 aromatic rings. The standard InChI is InChI=1S/C25H28N2/c1-24(2,3)21-15-14-17(18-10-6-7-11-19(18)21)16-25(4,5)23-20-12-8-9-13-22(20)26-27-23/h6-15H,16H2,1-5H3,(H,26,27). The van der Waals surface area contributed by atoms with Crippen LogP contribution in [0.4, 0.5) is 0 Å². The summed E-state index contributed by atoms with van der Waals surface area (Å²) in [7, 11) is 0. The Kier molecular flexibility index (Phi) is 4.10. The van der Waals surface area contributed by atoms with Gasteiger partial charge >= 0.3 is 0 Å². The summed E-state index contributed by atoms with van der Waals surface area (Å²) in [4.78, 5) is 0. The van der Waals surface area contributed by atoms with Gasteiger partial charge in [-0.05, 0) is 39.8 Å². The minimum atomic E-state index is -0.0639. The normalized spacial score (nSPS) is 12.8. The van der Waals surface area contributed by atoms with Gasteiger partial charge in [0, 0.05) is 10.8 Å². The third-order valence-electron chi connectivity index (χ3n) is 5.57. The molecule has 0 fully saturated rings. The summed E-state index contributed by atoms with van der Waals surface area (Å²) in [5, 5.41) is 11.8. The molecular weight excluding hydrogens is 328 g/mol. The quantitative estimate of drug-likeness (QED) is 0.444. The van der Waals surface area contributed by atoms with Gasteiger partial charge in [-0.25, -0.2) is 0 Å². The molecule has 4 rings (SSSR count). The molecule has 2 nitrogen and oxygen atoms in total. The van der Waals surface area contributed by atoms with Crippen LogP contribution in [0.3, 0.4) is 0 Å². The molecule has 0 saturated heterocycles. The number of hydrogen-bond acceptors (Lipinski definition) is 1. The topological polar surface area (TPSA) is 28.7 Å². The Morgan fingerprint density at radius 2 is 1.37 bits per heavy atom. The SMILES string of the molecule is CC(C)(C)c1ccc(CC(C)(C)c2n[nH]c3ccccc23)c2ccccc12. The summed E-state index contributed by atoms with van der Waals surface area (Å²) in [6, 6.07) is 21.8. The summed E-state index contributed by atoms with van der Waals surface area (Å²) in [5.74, 6) is 0.